The molecule has 2 N–H and O–H groups in total. The van der Waals surface area contributed by atoms with E-state index in [-0.39, 0.29) is 46.9 Å². The second-order valence-electron chi connectivity index (χ2n) is 8.52. The number of hydrogen-bond donors (Lipinski definition) is 2. The van der Waals surface area contributed by atoms with E-state index in [1.807, 2.05) is 6.92 Å². The summed E-state index contributed by atoms with van der Waals surface area (Å²) in [6, 6.07) is 10.2. The number of nitrogens with one attached hydrogen (secondary N) is 1. The quantitative estimate of drug-likeness (QED) is 0.508. The van der Waals surface area contributed by atoms with Crippen molar-refractivity contribution in [2.75, 3.05) is 18.5 Å². The van der Waals surface area contributed by atoms with Gasteiger partial charge in [-0.3, -0.25) is 14.3 Å². The SMILES string of the molecule is CC1CCN1C(=O)c1ccc(Oc2cc(O[C@@H](C)CO)cc(C(=O)Nc3ccn(C)n3)c2)c(F)c1. The lowest BCUT2D eigenvalue weighted by Crippen LogP contribution is -2.49. The number of carbonyl (C=O) groups is 2. The molecule has 0 radical (unpaired) electrons. The van der Waals surface area contributed by atoms with Crippen LogP contribution in [0.25, 0.3) is 0 Å². The van der Waals surface area contributed by atoms with E-state index in [0.29, 0.717) is 12.4 Å². The van der Waals surface area contributed by atoms with Crippen LogP contribution in [0.5, 0.6) is 17.2 Å². The van der Waals surface area contributed by atoms with Crippen molar-refractivity contribution >= 4 is 17.6 Å². The van der Waals surface area contributed by atoms with Crippen LogP contribution in [0.4, 0.5) is 10.2 Å². The molecule has 1 aromatic heterocycles. The van der Waals surface area contributed by atoms with E-state index in [0.717, 1.165) is 12.5 Å². The molecule has 35 heavy (non-hydrogen) atoms. The zero-order chi connectivity index (χ0) is 25.1. The summed E-state index contributed by atoms with van der Waals surface area (Å²) in [5.74, 6) is -0.753. The zero-order valence-corrected chi connectivity index (χ0v) is 19.7. The maximum absolute atomic E-state index is 14.8. The van der Waals surface area contributed by atoms with Crippen LogP contribution in [0, 0.1) is 5.82 Å². The van der Waals surface area contributed by atoms with E-state index >= 15 is 0 Å². The van der Waals surface area contributed by atoms with Gasteiger partial charge in [0.15, 0.2) is 17.4 Å². The highest BCUT2D eigenvalue weighted by atomic mass is 19.1. The minimum Gasteiger partial charge on any atom is -0.488 e. The zero-order valence-electron chi connectivity index (χ0n) is 19.7. The van der Waals surface area contributed by atoms with Gasteiger partial charge in [-0.25, -0.2) is 4.39 Å². The van der Waals surface area contributed by atoms with Gasteiger partial charge in [0, 0.05) is 49.1 Å². The minimum atomic E-state index is -0.710. The summed E-state index contributed by atoms with van der Waals surface area (Å²) in [6.45, 7) is 4.03. The van der Waals surface area contributed by atoms with Crippen LogP contribution < -0.4 is 14.8 Å². The summed E-state index contributed by atoms with van der Waals surface area (Å²) in [6.07, 6.45) is 2.08. The smallest absolute Gasteiger partial charge is 0.257 e. The van der Waals surface area contributed by atoms with Crippen molar-refractivity contribution in [3.63, 3.8) is 0 Å². The molecule has 2 amide bonds. The monoisotopic (exact) mass is 482 g/mol. The van der Waals surface area contributed by atoms with Crippen LogP contribution in [-0.2, 0) is 7.05 Å². The summed E-state index contributed by atoms with van der Waals surface area (Å²) >= 11 is 0. The fraction of sp³-hybridized carbons (Fsp3) is 0.320. The maximum Gasteiger partial charge on any atom is 0.257 e. The summed E-state index contributed by atoms with van der Waals surface area (Å²) in [4.78, 5) is 27.0. The Labute approximate surface area is 202 Å². The standard InChI is InChI=1S/C25H27FN4O5/c1-15-6-9-30(15)25(33)17-4-5-22(21(26)12-17)35-20-11-18(10-19(13-20)34-16(2)14-31)24(32)27-23-7-8-29(3)28-23/h4-5,7-8,10-13,15-16,31H,6,9,14H2,1-3H3,(H,27,28,32)/t15?,16-/m0/s1. The van der Waals surface area contributed by atoms with E-state index in [4.69, 9.17) is 9.47 Å². The topological polar surface area (TPSA) is 106 Å². The first-order chi connectivity index (χ1) is 16.7. The number of nitrogens with zero attached hydrogens (tertiary/aromatic N) is 3. The van der Waals surface area contributed by atoms with Crippen LogP contribution in [0.15, 0.2) is 48.7 Å². The van der Waals surface area contributed by atoms with Gasteiger partial charge in [0.25, 0.3) is 11.8 Å². The Morgan fingerprint density at radius 3 is 2.57 bits per heavy atom. The number of benzene rings is 2. The molecular weight excluding hydrogens is 455 g/mol. The lowest BCUT2D eigenvalue weighted by Gasteiger charge is -2.38. The second-order valence-corrected chi connectivity index (χ2v) is 8.52. The molecule has 184 valence electrons. The summed E-state index contributed by atoms with van der Waals surface area (Å²) in [5.41, 5.74) is 0.429. The molecule has 0 spiro atoms. The average Bonchev–Trinajstić information content (AvgIpc) is 3.23. The second kappa shape index (κ2) is 10.1. The molecule has 2 heterocycles. The number of rotatable bonds is 8. The van der Waals surface area contributed by atoms with Crippen molar-refractivity contribution < 1.29 is 28.6 Å². The van der Waals surface area contributed by atoms with E-state index in [2.05, 4.69) is 10.4 Å². The van der Waals surface area contributed by atoms with Gasteiger partial charge in [-0.1, -0.05) is 0 Å². The molecule has 0 aliphatic carbocycles. The number of aliphatic hydroxyl groups excluding tert-OH is 1. The Bertz CT molecular complexity index is 1240. The molecule has 0 saturated carbocycles. The van der Waals surface area contributed by atoms with Crippen molar-refractivity contribution in [3.05, 3.63) is 65.6 Å². The van der Waals surface area contributed by atoms with Gasteiger partial charge in [0.2, 0.25) is 0 Å². The lowest BCUT2D eigenvalue weighted by atomic mass is 10.0. The van der Waals surface area contributed by atoms with E-state index in [1.54, 1.807) is 35.8 Å². The van der Waals surface area contributed by atoms with Crippen molar-refractivity contribution in [1.29, 1.82) is 0 Å². The predicted octanol–water partition coefficient (Wildman–Crippen LogP) is 3.60. The third kappa shape index (κ3) is 5.60. The third-order valence-corrected chi connectivity index (χ3v) is 5.68. The molecule has 1 aliphatic heterocycles. The number of ether oxygens (including phenoxy) is 2. The van der Waals surface area contributed by atoms with E-state index in [1.165, 1.54) is 30.3 Å². The Morgan fingerprint density at radius 2 is 1.97 bits per heavy atom. The number of carbonyl (C=O) groups excluding carboxylic acids is 2. The molecule has 3 aromatic rings. The molecule has 1 saturated heterocycles. The molecular formula is C25H27FN4O5. The number of aliphatic hydroxyl groups is 1. The Hall–Kier alpha value is -3.92. The highest BCUT2D eigenvalue weighted by molar-refractivity contribution is 6.04. The van der Waals surface area contributed by atoms with E-state index in [9.17, 15) is 19.1 Å². The third-order valence-electron chi connectivity index (χ3n) is 5.68. The number of likely N-dealkylation sites (tertiary alicyclic amines) is 1. The molecule has 10 heteroatoms. The molecule has 1 unspecified atom stereocenters. The average molecular weight is 483 g/mol. The van der Waals surface area contributed by atoms with Crippen LogP contribution >= 0.6 is 0 Å². The lowest BCUT2D eigenvalue weighted by molar-refractivity contribution is 0.0501. The van der Waals surface area contributed by atoms with Crippen molar-refractivity contribution in [1.82, 2.24) is 14.7 Å². The minimum absolute atomic E-state index is 0.110. The van der Waals surface area contributed by atoms with Crippen molar-refractivity contribution in [2.45, 2.75) is 32.4 Å². The first-order valence-corrected chi connectivity index (χ1v) is 11.3. The van der Waals surface area contributed by atoms with Gasteiger partial charge >= 0.3 is 0 Å². The summed E-state index contributed by atoms with van der Waals surface area (Å²) in [7, 11) is 1.73. The summed E-state index contributed by atoms with van der Waals surface area (Å²) in [5, 5.41) is 16.1. The number of anilines is 1. The van der Waals surface area contributed by atoms with Gasteiger partial charge in [0.05, 0.1) is 6.61 Å². The molecule has 2 aromatic carbocycles. The van der Waals surface area contributed by atoms with Gasteiger partial charge < -0.3 is 24.8 Å². The first-order valence-electron chi connectivity index (χ1n) is 11.3. The molecule has 9 nitrogen and oxygen atoms in total. The van der Waals surface area contributed by atoms with Gasteiger partial charge in [-0.15, -0.1) is 0 Å². The van der Waals surface area contributed by atoms with Crippen molar-refractivity contribution in [3.8, 4) is 17.2 Å². The molecule has 2 atom stereocenters. The Balaban J connectivity index is 1.58. The van der Waals surface area contributed by atoms with Crippen LogP contribution in [0.1, 0.15) is 41.0 Å². The number of amides is 2. The number of aromatic nitrogens is 2. The highest BCUT2D eigenvalue weighted by Gasteiger charge is 2.29. The van der Waals surface area contributed by atoms with Gasteiger partial charge in [0.1, 0.15) is 17.6 Å². The summed E-state index contributed by atoms with van der Waals surface area (Å²) < 4.78 is 27.8. The molecule has 0 bridgehead atoms. The fourth-order valence-electron chi connectivity index (χ4n) is 3.60. The highest BCUT2D eigenvalue weighted by Crippen LogP contribution is 2.31. The molecule has 4 rings (SSSR count). The van der Waals surface area contributed by atoms with E-state index < -0.39 is 17.8 Å². The fourth-order valence-corrected chi connectivity index (χ4v) is 3.60. The number of halogens is 1. The van der Waals surface area contributed by atoms with Gasteiger partial charge in [-0.2, -0.15) is 5.10 Å². The Kier molecular flexibility index (Phi) is 7.02. The van der Waals surface area contributed by atoms with Crippen LogP contribution in [0.2, 0.25) is 0 Å². The molecule has 1 aliphatic rings. The van der Waals surface area contributed by atoms with Gasteiger partial charge in [-0.05, 0) is 50.6 Å². The van der Waals surface area contributed by atoms with Crippen molar-refractivity contribution in [2.24, 2.45) is 7.05 Å². The number of hydrogen-bond acceptors (Lipinski definition) is 6. The maximum atomic E-state index is 14.8. The molecule has 1 fully saturated rings. The Morgan fingerprint density at radius 1 is 1.20 bits per heavy atom. The predicted molar refractivity (Wildman–Crippen MR) is 126 cm³/mol. The van der Waals surface area contributed by atoms with Crippen LogP contribution in [-0.4, -0.2) is 56.9 Å². The van der Waals surface area contributed by atoms with Crippen LogP contribution in [0.3, 0.4) is 0 Å². The largest absolute Gasteiger partial charge is 0.488 e. The first kappa shape index (κ1) is 24.2. The normalized spacial score (nSPS) is 15.8. The number of aryl methyl sites for hydroxylation is 1.